The SMILES string of the molecule is CC[C@H](C(=O)O[C@H]1CC[C@@]2(C)C(=CC[C@@H]3[C@@H]2CC[C@@]2(C)[C@H]3CC[C@]2(C)[C@H](C)CCCC(C)C)C1)N(CC(=O)OC)c1ccc(Cl)cc1. The Kier molecular flexibility index (Phi) is 11.2. The summed E-state index contributed by atoms with van der Waals surface area (Å²) in [4.78, 5) is 27.9. The molecule has 4 aliphatic rings. The highest BCUT2D eigenvalue weighted by Crippen LogP contribution is 2.71. The number of nitrogens with zero attached hydrogens (tertiary/aromatic N) is 1. The molecule has 5 rings (SSSR count). The molecule has 0 aliphatic heterocycles. The first-order valence-electron chi connectivity index (χ1n) is 18.8. The van der Waals surface area contributed by atoms with Crippen molar-refractivity contribution in [3.05, 3.63) is 40.9 Å². The van der Waals surface area contributed by atoms with Crippen molar-refractivity contribution in [2.75, 3.05) is 18.6 Å². The van der Waals surface area contributed by atoms with Crippen LogP contribution in [0.25, 0.3) is 0 Å². The molecule has 5 nitrogen and oxygen atoms in total. The Hall–Kier alpha value is -2.01. The summed E-state index contributed by atoms with van der Waals surface area (Å²) in [6, 6.07) is 6.64. The van der Waals surface area contributed by atoms with Gasteiger partial charge in [-0.1, -0.05) is 91.0 Å². The minimum absolute atomic E-state index is 0.0292. The van der Waals surface area contributed by atoms with Gasteiger partial charge in [0.2, 0.25) is 0 Å². The second-order valence-corrected chi connectivity index (χ2v) is 17.2. The fourth-order valence-electron chi connectivity index (χ4n) is 11.0. The van der Waals surface area contributed by atoms with E-state index in [0.29, 0.717) is 22.3 Å². The van der Waals surface area contributed by atoms with Crippen molar-refractivity contribution in [3.8, 4) is 0 Å². The van der Waals surface area contributed by atoms with Gasteiger partial charge in [0.15, 0.2) is 0 Å². The number of hydrogen-bond acceptors (Lipinski definition) is 5. The molecule has 47 heavy (non-hydrogen) atoms. The second-order valence-electron chi connectivity index (χ2n) is 16.8. The molecule has 0 bridgehead atoms. The minimum Gasteiger partial charge on any atom is -0.468 e. The van der Waals surface area contributed by atoms with E-state index < -0.39 is 12.0 Å². The van der Waals surface area contributed by atoms with Crippen LogP contribution in [0.4, 0.5) is 5.69 Å². The summed E-state index contributed by atoms with van der Waals surface area (Å²) in [6.45, 7) is 17.1. The fourth-order valence-corrected chi connectivity index (χ4v) is 11.1. The van der Waals surface area contributed by atoms with E-state index in [1.54, 1.807) is 17.0 Å². The number of fused-ring (bicyclic) bond motifs is 5. The van der Waals surface area contributed by atoms with E-state index in [2.05, 4.69) is 47.6 Å². The van der Waals surface area contributed by atoms with Gasteiger partial charge in [-0.25, -0.2) is 4.79 Å². The van der Waals surface area contributed by atoms with Crippen molar-refractivity contribution in [2.24, 2.45) is 45.8 Å². The molecule has 0 heterocycles. The Balaban J connectivity index is 1.27. The van der Waals surface area contributed by atoms with Crippen LogP contribution in [0.15, 0.2) is 35.9 Å². The molecule has 0 amide bonds. The zero-order valence-corrected chi connectivity index (χ0v) is 31.3. The summed E-state index contributed by atoms with van der Waals surface area (Å²) in [5.41, 5.74) is 3.32. The number of benzene rings is 1. The molecule has 3 saturated carbocycles. The molecule has 262 valence electrons. The molecule has 1 aromatic carbocycles. The van der Waals surface area contributed by atoms with E-state index in [9.17, 15) is 9.59 Å². The average Bonchev–Trinajstić information content (AvgIpc) is 3.32. The normalized spacial score (nSPS) is 34.4. The van der Waals surface area contributed by atoms with Gasteiger partial charge in [-0.2, -0.15) is 0 Å². The van der Waals surface area contributed by atoms with Gasteiger partial charge in [-0.15, -0.1) is 0 Å². The average molecular weight is 668 g/mol. The quantitative estimate of drug-likeness (QED) is 0.164. The lowest BCUT2D eigenvalue weighted by atomic mass is 9.44. The van der Waals surface area contributed by atoms with Crippen molar-refractivity contribution in [3.63, 3.8) is 0 Å². The zero-order chi connectivity index (χ0) is 34.1. The maximum Gasteiger partial charge on any atom is 0.329 e. The number of allylic oxidation sites excluding steroid dienone is 1. The molecule has 0 unspecified atom stereocenters. The monoisotopic (exact) mass is 667 g/mol. The van der Waals surface area contributed by atoms with Crippen LogP contribution in [0.3, 0.4) is 0 Å². The topological polar surface area (TPSA) is 55.8 Å². The van der Waals surface area contributed by atoms with Gasteiger partial charge in [0.25, 0.3) is 0 Å². The summed E-state index contributed by atoms with van der Waals surface area (Å²) in [6.07, 6.45) is 16.4. The van der Waals surface area contributed by atoms with E-state index >= 15 is 0 Å². The standard InChI is InChI=1S/C41H62ClNO4/c1-9-36(43(26-37(44)46-8)31-16-14-30(42)15-17-31)38(45)47-32-19-22-39(5)29(25-32)13-18-33-34(39)20-24-41(7)35(33)21-23-40(41,6)28(4)12-10-11-27(2)3/h13-17,27-28,32-36H,9-12,18-26H2,1-8H3/t28-,32+,33-,34+,35+,36-,39+,40-,41+/m1/s1. The Morgan fingerprint density at radius 2 is 1.68 bits per heavy atom. The lowest BCUT2D eigenvalue weighted by Gasteiger charge is -2.60. The third-order valence-electron chi connectivity index (χ3n) is 14.2. The van der Waals surface area contributed by atoms with E-state index in [1.165, 1.54) is 64.0 Å². The van der Waals surface area contributed by atoms with Gasteiger partial charge < -0.3 is 14.4 Å². The number of anilines is 1. The summed E-state index contributed by atoms with van der Waals surface area (Å²) >= 11 is 6.14. The lowest BCUT2D eigenvalue weighted by molar-refractivity contribution is -0.153. The van der Waals surface area contributed by atoms with Crippen LogP contribution in [-0.4, -0.2) is 37.7 Å². The van der Waals surface area contributed by atoms with Gasteiger partial charge in [-0.3, -0.25) is 4.79 Å². The van der Waals surface area contributed by atoms with Crippen molar-refractivity contribution >= 4 is 29.2 Å². The largest absolute Gasteiger partial charge is 0.468 e. The number of rotatable bonds is 12. The second kappa shape index (κ2) is 14.5. The third-order valence-corrected chi connectivity index (χ3v) is 14.5. The van der Waals surface area contributed by atoms with Gasteiger partial charge >= 0.3 is 11.9 Å². The van der Waals surface area contributed by atoms with Crippen molar-refractivity contribution in [1.29, 1.82) is 0 Å². The number of carbonyl (C=O) groups is 2. The lowest BCUT2D eigenvalue weighted by Crippen LogP contribution is -2.53. The number of carbonyl (C=O) groups excluding carboxylic acids is 2. The Morgan fingerprint density at radius 3 is 2.34 bits per heavy atom. The molecule has 0 aromatic heterocycles. The van der Waals surface area contributed by atoms with Crippen LogP contribution in [0, 0.1) is 45.8 Å². The van der Waals surface area contributed by atoms with Gasteiger partial charge in [-0.05, 0) is 121 Å². The molecule has 1 aromatic rings. The molecular weight excluding hydrogens is 606 g/mol. The van der Waals surface area contributed by atoms with Crippen molar-refractivity contribution < 1.29 is 19.1 Å². The summed E-state index contributed by atoms with van der Waals surface area (Å²) in [5.74, 6) is 3.20. The number of ether oxygens (including phenoxy) is 2. The Labute approximate surface area is 290 Å². The van der Waals surface area contributed by atoms with E-state index in [-0.39, 0.29) is 24.0 Å². The number of methoxy groups -OCH3 is 1. The Bertz CT molecular complexity index is 1290. The van der Waals surface area contributed by atoms with Gasteiger partial charge in [0, 0.05) is 17.1 Å². The number of esters is 2. The molecule has 6 heteroatoms. The first-order valence-corrected chi connectivity index (χ1v) is 19.1. The fraction of sp³-hybridized carbons (Fsp3) is 0.756. The maximum atomic E-state index is 13.8. The predicted molar refractivity (Wildman–Crippen MR) is 192 cm³/mol. The highest BCUT2D eigenvalue weighted by atomic mass is 35.5. The smallest absolute Gasteiger partial charge is 0.329 e. The van der Waals surface area contributed by atoms with Crippen LogP contribution in [0.5, 0.6) is 0 Å². The zero-order valence-electron chi connectivity index (χ0n) is 30.6. The van der Waals surface area contributed by atoms with Crippen LogP contribution in [0.1, 0.15) is 126 Å². The molecular formula is C41H62ClNO4. The number of halogens is 1. The Morgan fingerprint density at radius 1 is 0.979 bits per heavy atom. The van der Waals surface area contributed by atoms with E-state index in [1.807, 2.05) is 19.1 Å². The number of hydrogen-bond donors (Lipinski definition) is 0. The highest BCUT2D eigenvalue weighted by molar-refractivity contribution is 6.30. The molecule has 0 spiro atoms. The molecule has 0 N–H and O–H groups in total. The van der Waals surface area contributed by atoms with Crippen molar-refractivity contribution in [1.82, 2.24) is 0 Å². The van der Waals surface area contributed by atoms with Gasteiger partial charge in [0.1, 0.15) is 18.7 Å². The minimum atomic E-state index is -0.589. The van der Waals surface area contributed by atoms with E-state index in [0.717, 1.165) is 54.5 Å². The summed E-state index contributed by atoms with van der Waals surface area (Å²) < 4.78 is 11.3. The van der Waals surface area contributed by atoms with Gasteiger partial charge in [0.05, 0.1) is 7.11 Å². The van der Waals surface area contributed by atoms with Crippen LogP contribution in [-0.2, 0) is 19.1 Å². The molecule has 4 aliphatic carbocycles. The summed E-state index contributed by atoms with van der Waals surface area (Å²) in [5, 5.41) is 0.604. The van der Waals surface area contributed by atoms with Crippen LogP contribution >= 0.6 is 11.6 Å². The first-order chi connectivity index (χ1) is 22.3. The van der Waals surface area contributed by atoms with Crippen molar-refractivity contribution in [2.45, 2.75) is 138 Å². The molecule has 0 radical (unpaired) electrons. The first kappa shape index (κ1) is 36.3. The molecule has 0 saturated heterocycles. The van der Waals surface area contributed by atoms with E-state index in [4.69, 9.17) is 21.1 Å². The maximum absolute atomic E-state index is 13.8. The molecule has 9 atom stereocenters. The molecule has 3 fully saturated rings. The predicted octanol–water partition coefficient (Wildman–Crippen LogP) is 10.4. The van der Waals surface area contributed by atoms with Crippen LogP contribution < -0.4 is 4.90 Å². The van der Waals surface area contributed by atoms with Crippen LogP contribution in [0.2, 0.25) is 5.02 Å². The highest BCUT2D eigenvalue weighted by Gasteiger charge is 2.63. The third kappa shape index (κ3) is 6.90. The summed E-state index contributed by atoms with van der Waals surface area (Å²) in [7, 11) is 1.37.